The first-order valence-electron chi connectivity index (χ1n) is 9.93. The van der Waals surface area contributed by atoms with E-state index in [1.54, 1.807) is 0 Å². The summed E-state index contributed by atoms with van der Waals surface area (Å²) in [6, 6.07) is 3.96. The van der Waals surface area contributed by atoms with Gasteiger partial charge in [0.15, 0.2) is 5.96 Å². The Morgan fingerprint density at radius 3 is 2.72 bits per heavy atom. The molecule has 0 aliphatic carbocycles. The van der Waals surface area contributed by atoms with Gasteiger partial charge in [-0.1, -0.05) is 6.07 Å². The van der Waals surface area contributed by atoms with Crippen molar-refractivity contribution in [3.63, 3.8) is 0 Å². The number of methoxy groups -OCH3 is 1. The average molecular weight is 415 g/mol. The molecule has 162 valence electrons. The van der Waals surface area contributed by atoms with Gasteiger partial charge in [-0.15, -0.1) is 0 Å². The van der Waals surface area contributed by atoms with E-state index in [0.29, 0.717) is 32.2 Å². The molecule has 6 nitrogen and oxygen atoms in total. The van der Waals surface area contributed by atoms with Gasteiger partial charge in [0.05, 0.1) is 31.9 Å². The van der Waals surface area contributed by atoms with Crippen LogP contribution in [-0.2, 0) is 22.2 Å². The number of morpholine rings is 1. The van der Waals surface area contributed by atoms with Crippen LogP contribution in [0.4, 0.5) is 13.2 Å². The highest BCUT2D eigenvalue weighted by Gasteiger charge is 2.34. The number of aliphatic imine (C=N–C) groups is 1. The summed E-state index contributed by atoms with van der Waals surface area (Å²) in [6.45, 7) is 4.98. The molecule has 2 aliphatic heterocycles. The first-order chi connectivity index (χ1) is 13.9. The predicted octanol–water partition coefficient (Wildman–Crippen LogP) is 3.06. The minimum Gasteiger partial charge on any atom is -0.497 e. The molecule has 3 rings (SSSR count). The molecule has 9 heteroatoms. The third kappa shape index (κ3) is 5.54. The zero-order valence-electron chi connectivity index (χ0n) is 16.8. The van der Waals surface area contributed by atoms with E-state index in [1.165, 1.54) is 19.2 Å². The minimum atomic E-state index is -4.47. The molecule has 1 aromatic rings. The smallest absolute Gasteiger partial charge is 0.416 e. The summed E-state index contributed by atoms with van der Waals surface area (Å²) in [5, 5.41) is 3.19. The van der Waals surface area contributed by atoms with Crippen molar-refractivity contribution in [1.29, 1.82) is 0 Å². The molecule has 0 radical (unpaired) electrons. The molecule has 0 amide bonds. The van der Waals surface area contributed by atoms with E-state index in [0.717, 1.165) is 25.5 Å². The van der Waals surface area contributed by atoms with Crippen molar-refractivity contribution >= 4 is 5.96 Å². The van der Waals surface area contributed by atoms with Crippen LogP contribution in [0.1, 0.15) is 30.9 Å². The minimum absolute atomic E-state index is 0.0539. The highest BCUT2D eigenvalue weighted by Crippen LogP contribution is 2.34. The van der Waals surface area contributed by atoms with Gasteiger partial charge in [-0.25, -0.2) is 4.99 Å². The molecule has 2 unspecified atom stereocenters. The quantitative estimate of drug-likeness (QED) is 0.592. The van der Waals surface area contributed by atoms with Crippen LogP contribution in [0, 0.1) is 0 Å². The monoisotopic (exact) mass is 415 g/mol. The number of rotatable bonds is 5. The highest BCUT2D eigenvalue weighted by molar-refractivity contribution is 5.80. The Morgan fingerprint density at radius 1 is 1.28 bits per heavy atom. The maximum atomic E-state index is 13.5. The molecular weight excluding hydrogens is 387 g/mol. The molecule has 0 saturated carbocycles. The second-order valence-corrected chi connectivity index (χ2v) is 7.10. The van der Waals surface area contributed by atoms with E-state index in [-0.39, 0.29) is 30.1 Å². The molecule has 2 atom stereocenters. The number of ether oxygens (including phenoxy) is 3. The van der Waals surface area contributed by atoms with Gasteiger partial charge in [0.1, 0.15) is 11.9 Å². The summed E-state index contributed by atoms with van der Waals surface area (Å²) in [6.07, 6.45) is -2.47. The molecule has 1 N–H and O–H groups in total. The molecule has 0 bridgehead atoms. The zero-order valence-corrected chi connectivity index (χ0v) is 16.8. The zero-order chi connectivity index (χ0) is 20.9. The molecule has 2 saturated heterocycles. The van der Waals surface area contributed by atoms with Crippen molar-refractivity contribution in [2.24, 2.45) is 4.99 Å². The maximum Gasteiger partial charge on any atom is 0.416 e. The topological polar surface area (TPSA) is 55.3 Å². The third-order valence-electron chi connectivity index (χ3n) is 5.13. The van der Waals surface area contributed by atoms with Crippen molar-refractivity contribution < 1.29 is 27.4 Å². The molecule has 29 heavy (non-hydrogen) atoms. The molecular formula is C20H28F3N3O3. The second-order valence-electron chi connectivity index (χ2n) is 7.10. The SMILES string of the molecule is CCNC(=NCc1ccc(OC)cc1C(F)(F)F)N1CCOC(C2CCCO2)C1. The second kappa shape index (κ2) is 9.67. The van der Waals surface area contributed by atoms with Crippen LogP contribution in [0.15, 0.2) is 23.2 Å². The van der Waals surface area contributed by atoms with E-state index < -0.39 is 11.7 Å². The summed E-state index contributed by atoms with van der Waals surface area (Å²) >= 11 is 0. The van der Waals surface area contributed by atoms with Gasteiger partial charge in [0, 0.05) is 26.2 Å². The lowest BCUT2D eigenvalue weighted by atomic mass is 10.1. The third-order valence-corrected chi connectivity index (χ3v) is 5.13. The fourth-order valence-electron chi connectivity index (χ4n) is 3.66. The highest BCUT2D eigenvalue weighted by atomic mass is 19.4. The lowest BCUT2D eigenvalue weighted by Crippen LogP contribution is -2.53. The Morgan fingerprint density at radius 2 is 2.07 bits per heavy atom. The van der Waals surface area contributed by atoms with Gasteiger partial charge < -0.3 is 24.4 Å². The fourth-order valence-corrected chi connectivity index (χ4v) is 3.66. The normalized spacial score (nSPS) is 23.3. The first kappa shape index (κ1) is 21.7. The van der Waals surface area contributed by atoms with Crippen molar-refractivity contribution in [2.75, 3.05) is 40.0 Å². The molecule has 2 heterocycles. The van der Waals surface area contributed by atoms with Crippen molar-refractivity contribution in [3.05, 3.63) is 29.3 Å². The van der Waals surface area contributed by atoms with Crippen molar-refractivity contribution in [2.45, 2.75) is 44.7 Å². The number of alkyl halides is 3. The lowest BCUT2D eigenvalue weighted by Gasteiger charge is -2.37. The largest absolute Gasteiger partial charge is 0.497 e. The number of halogens is 3. The van der Waals surface area contributed by atoms with Gasteiger partial charge in [-0.05, 0) is 37.5 Å². The van der Waals surface area contributed by atoms with E-state index >= 15 is 0 Å². The fraction of sp³-hybridized carbons (Fsp3) is 0.650. The summed E-state index contributed by atoms with van der Waals surface area (Å²) in [5.74, 6) is 0.757. The summed E-state index contributed by atoms with van der Waals surface area (Å²) < 4.78 is 56.9. The Hall–Kier alpha value is -2.00. The average Bonchev–Trinajstić information content (AvgIpc) is 3.25. The van der Waals surface area contributed by atoms with Crippen molar-refractivity contribution in [1.82, 2.24) is 10.2 Å². The molecule has 0 spiro atoms. The number of nitrogens with zero attached hydrogens (tertiary/aromatic N) is 2. The molecule has 2 aliphatic rings. The number of hydrogen-bond donors (Lipinski definition) is 1. The summed E-state index contributed by atoms with van der Waals surface area (Å²) in [4.78, 5) is 6.53. The number of nitrogens with one attached hydrogen (secondary N) is 1. The van der Waals surface area contributed by atoms with E-state index in [4.69, 9.17) is 14.2 Å². The first-order valence-corrected chi connectivity index (χ1v) is 9.93. The number of guanidine groups is 1. The Balaban J connectivity index is 1.77. The van der Waals surface area contributed by atoms with Crippen LogP contribution < -0.4 is 10.1 Å². The van der Waals surface area contributed by atoms with Crippen molar-refractivity contribution in [3.8, 4) is 5.75 Å². The van der Waals surface area contributed by atoms with Crippen LogP contribution in [-0.4, -0.2) is 63.0 Å². The summed E-state index contributed by atoms with van der Waals surface area (Å²) in [7, 11) is 1.35. The van der Waals surface area contributed by atoms with Crippen LogP contribution >= 0.6 is 0 Å². The Labute approximate surface area is 169 Å². The van der Waals surface area contributed by atoms with Crippen LogP contribution in [0.3, 0.4) is 0 Å². The van der Waals surface area contributed by atoms with Crippen LogP contribution in [0.5, 0.6) is 5.75 Å². The van der Waals surface area contributed by atoms with Gasteiger partial charge in [-0.3, -0.25) is 0 Å². The van der Waals surface area contributed by atoms with Gasteiger partial charge >= 0.3 is 6.18 Å². The summed E-state index contributed by atoms with van der Waals surface area (Å²) in [5.41, 5.74) is -0.617. The van der Waals surface area contributed by atoms with Gasteiger partial charge in [0.2, 0.25) is 0 Å². The van der Waals surface area contributed by atoms with E-state index in [2.05, 4.69) is 10.3 Å². The molecule has 1 aromatic carbocycles. The van der Waals surface area contributed by atoms with Gasteiger partial charge in [0.25, 0.3) is 0 Å². The lowest BCUT2D eigenvalue weighted by molar-refractivity contribution is -0.138. The molecule has 0 aromatic heterocycles. The predicted molar refractivity (Wildman–Crippen MR) is 103 cm³/mol. The number of hydrogen-bond acceptors (Lipinski definition) is 4. The Bertz CT molecular complexity index is 706. The van der Waals surface area contributed by atoms with E-state index in [9.17, 15) is 13.2 Å². The molecule has 2 fully saturated rings. The van der Waals surface area contributed by atoms with Crippen LogP contribution in [0.25, 0.3) is 0 Å². The standard InChI is InChI=1S/C20H28F3N3O3/c1-3-24-19(26-8-10-29-18(13-26)17-5-4-9-28-17)25-12-14-6-7-15(27-2)11-16(14)20(21,22)23/h6-7,11,17-18H,3-5,8-10,12-13H2,1-2H3,(H,24,25). The number of benzene rings is 1. The van der Waals surface area contributed by atoms with E-state index in [1.807, 2.05) is 11.8 Å². The maximum absolute atomic E-state index is 13.5. The van der Waals surface area contributed by atoms with Gasteiger partial charge in [-0.2, -0.15) is 13.2 Å². The Kier molecular flexibility index (Phi) is 7.23. The van der Waals surface area contributed by atoms with Crippen LogP contribution in [0.2, 0.25) is 0 Å².